The van der Waals surface area contributed by atoms with Crippen LogP contribution in [0, 0.1) is 0 Å². The third kappa shape index (κ3) is 4.25. The maximum absolute atomic E-state index is 12.9. The zero-order valence-corrected chi connectivity index (χ0v) is 15.7. The molecule has 0 spiro atoms. The van der Waals surface area contributed by atoms with Gasteiger partial charge in [0.15, 0.2) is 0 Å². The van der Waals surface area contributed by atoms with Crippen molar-refractivity contribution in [1.29, 1.82) is 0 Å². The summed E-state index contributed by atoms with van der Waals surface area (Å²) < 4.78 is 0. The van der Waals surface area contributed by atoms with Crippen LogP contribution in [-0.4, -0.2) is 47.8 Å². The van der Waals surface area contributed by atoms with Crippen molar-refractivity contribution in [1.82, 2.24) is 9.80 Å². The standard InChI is InChI=1S/C21H23ClN2O2/c1-16(25)23-11-13-24(14-12-23)21(26)15-19(17-7-3-2-4-8-17)18-9-5-6-10-20(18)22/h2-10,19H,11-15H2,1H3/t19-/m1/s1. The molecule has 0 N–H and O–H groups in total. The second-order valence-electron chi connectivity index (χ2n) is 6.58. The van der Waals surface area contributed by atoms with Gasteiger partial charge in [-0.2, -0.15) is 0 Å². The molecule has 2 aromatic carbocycles. The summed E-state index contributed by atoms with van der Waals surface area (Å²) in [5.41, 5.74) is 2.05. The molecule has 2 amide bonds. The van der Waals surface area contributed by atoms with Crippen molar-refractivity contribution >= 4 is 23.4 Å². The first kappa shape index (κ1) is 18.5. The topological polar surface area (TPSA) is 40.6 Å². The second kappa shape index (κ2) is 8.37. The predicted molar refractivity (Wildman–Crippen MR) is 103 cm³/mol. The van der Waals surface area contributed by atoms with Crippen molar-refractivity contribution in [2.75, 3.05) is 26.2 Å². The fourth-order valence-corrected chi connectivity index (χ4v) is 3.69. The molecule has 1 aliphatic rings. The number of carbonyl (C=O) groups excluding carboxylic acids is 2. The highest BCUT2D eigenvalue weighted by Gasteiger charge is 2.26. The SMILES string of the molecule is CC(=O)N1CCN(C(=O)C[C@H](c2ccccc2)c2ccccc2Cl)CC1. The van der Waals surface area contributed by atoms with Crippen molar-refractivity contribution in [3.63, 3.8) is 0 Å². The normalized spacial score (nSPS) is 15.6. The summed E-state index contributed by atoms with van der Waals surface area (Å²) in [7, 11) is 0. The van der Waals surface area contributed by atoms with E-state index >= 15 is 0 Å². The Balaban J connectivity index is 1.78. The molecule has 1 fully saturated rings. The van der Waals surface area contributed by atoms with Crippen molar-refractivity contribution in [3.05, 3.63) is 70.7 Å². The number of piperazine rings is 1. The largest absolute Gasteiger partial charge is 0.339 e. The molecule has 0 radical (unpaired) electrons. The molecule has 26 heavy (non-hydrogen) atoms. The van der Waals surface area contributed by atoms with Gasteiger partial charge in [-0.15, -0.1) is 0 Å². The molecule has 0 saturated carbocycles. The summed E-state index contributed by atoms with van der Waals surface area (Å²) in [5, 5.41) is 0.676. The van der Waals surface area contributed by atoms with E-state index in [1.165, 1.54) is 0 Å². The minimum absolute atomic E-state index is 0.0651. The van der Waals surface area contributed by atoms with E-state index in [9.17, 15) is 9.59 Å². The third-order valence-corrected chi connectivity index (χ3v) is 5.28. The maximum atomic E-state index is 12.9. The van der Waals surface area contributed by atoms with Gasteiger partial charge in [0, 0.05) is 50.5 Å². The zero-order valence-electron chi connectivity index (χ0n) is 14.9. The first-order valence-corrected chi connectivity index (χ1v) is 9.26. The Kier molecular flexibility index (Phi) is 5.94. The lowest BCUT2D eigenvalue weighted by molar-refractivity contribution is -0.138. The minimum atomic E-state index is -0.0803. The van der Waals surface area contributed by atoms with Crippen LogP contribution in [0.3, 0.4) is 0 Å². The summed E-state index contributed by atoms with van der Waals surface area (Å²) in [6.07, 6.45) is 0.369. The second-order valence-corrected chi connectivity index (χ2v) is 6.98. The van der Waals surface area contributed by atoms with E-state index < -0.39 is 0 Å². The molecule has 4 nitrogen and oxygen atoms in total. The smallest absolute Gasteiger partial charge is 0.223 e. The van der Waals surface area contributed by atoms with E-state index in [1.54, 1.807) is 11.8 Å². The number of nitrogens with zero attached hydrogens (tertiary/aromatic N) is 2. The van der Waals surface area contributed by atoms with Gasteiger partial charge in [-0.3, -0.25) is 9.59 Å². The van der Waals surface area contributed by atoms with E-state index in [1.807, 2.05) is 59.5 Å². The van der Waals surface area contributed by atoms with Crippen LogP contribution in [0.4, 0.5) is 0 Å². The monoisotopic (exact) mass is 370 g/mol. The summed E-state index contributed by atoms with van der Waals surface area (Å²) in [6.45, 7) is 3.94. The van der Waals surface area contributed by atoms with Crippen LogP contribution in [0.25, 0.3) is 0 Å². The highest BCUT2D eigenvalue weighted by atomic mass is 35.5. The molecule has 1 saturated heterocycles. The van der Waals surface area contributed by atoms with Crippen LogP contribution in [0.5, 0.6) is 0 Å². The van der Waals surface area contributed by atoms with Crippen LogP contribution in [0.2, 0.25) is 5.02 Å². The van der Waals surface area contributed by atoms with E-state index in [0.29, 0.717) is 37.6 Å². The summed E-state index contributed by atoms with van der Waals surface area (Å²) in [4.78, 5) is 28.0. The fourth-order valence-electron chi connectivity index (χ4n) is 3.42. The Labute approximate surface area is 159 Å². The number of amides is 2. The summed E-state index contributed by atoms with van der Waals surface area (Å²) >= 11 is 6.42. The number of halogens is 1. The van der Waals surface area contributed by atoms with Gasteiger partial charge in [0.05, 0.1) is 0 Å². The Morgan fingerprint density at radius 2 is 1.50 bits per heavy atom. The van der Waals surface area contributed by atoms with Gasteiger partial charge < -0.3 is 9.80 Å². The van der Waals surface area contributed by atoms with Crippen LogP contribution in [0.15, 0.2) is 54.6 Å². The highest BCUT2D eigenvalue weighted by molar-refractivity contribution is 6.31. The summed E-state index contributed by atoms with van der Waals surface area (Å²) in [6, 6.07) is 17.7. The molecule has 0 aliphatic carbocycles. The molecule has 1 heterocycles. The molecule has 5 heteroatoms. The third-order valence-electron chi connectivity index (χ3n) is 4.94. The number of hydrogen-bond donors (Lipinski definition) is 0. The highest BCUT2D eigenvalue weighted by Crippen LogP contribution is 2.33. The lowest BCUT2D eigenvalue weighted by Crippen LogP contribution is -2.50. The van der Waals surface area contributed by atoms with E-state index in [0.717, 1.165) is 11.1 Å². The average molecular weight is 371 g/mol. The zero-order chi connectivity index (χ0) is 18.5. The molecule has 0 unspecified atom stereocenters. The Bertz CT molecular complexity index is 771. The number of rotatable bonds is 4. The molecular formula is C21H23ClN2O2. The van der Waals surface area contributed by atoms with Crippen LogP contribution >= 0.6 is 11.6 Å². The average Bonchev–Trinajstić information content (AvgIpc) is 2.67. The van der Waals surface area contributed by atoms with Crippen LogP contribution in [0.1, 0.15) is 30.4 Å². The molecule has 0 bridgehead atoms. The molecule has 3 rings (SSSR count). The first-order valence-electron chi connectivity index (χ1n) is 8.89. The van der Waals surface area contributed by atoms with Gasteiger partial charge in [0.25, 0.3) is 0 Å². The van der Waals surface area contributed by atoms with Gasteiger partial charge in [0.1, 0.15) is 0 Å². The molecule has 1 atom stereocenters. The van der Waals surface area contributed by atoms with Crippen molar-refractivity contribution < 1.29 is 9.59 Å². The predicted octanol–water partition coefficient (Wildman–Crippen LogP) is 3.55. The molecule has 2 aromatic rings. The lowest BCUT2D eigenvalue weighted by atomic mass is 9.88. The fraction of sp³-hybridized carbons (Fsp3) is 0.333. The first-order chi connectivity index (χ1) is 12.6. The van der Waals surface area contributed by atoms with E-state index in [-0.39, 0.29) is 17.7 Å². The minimum Gasteiger partial charge on any atom is -0.339 e. The van der Waals surface area contributed by atoms with Gasteiger partial charge in [-0.25, -0.2) is 0 Å². The van der Waals surface area contributed by atoms with Crippen molar-refractivity contribution in [3.8, 4) is 0 Å². The molecule has 0 aromatic heterocycles. The summed E-state index contributed by atoms with van der Waals surface area (Å²) in [5.74, 6) is 0.0838. The van der Waals surface area contributed by atoms with Crippen molar-refractivity contribution in [2.45, 2.75) is 19.3 Å². The molecule has 1 aliphatic heterocycles. The Morgan fingerprint density at radius 1 is 0.923 bits per heavy atom. The van der Waals surface area contributed by atoms with E-state index in [2.05, 4.69) is 0 Å². The quantitative estimate of drug-likeness (QED) is 0.825. The molecule has 136 valence electrons. The Morgan fingerprint density at radius 3 is 2.12 bits per heavy atom. The maximum Gasteiger partial charge on any atom is 0.223 e. The van der Waals surface area contributed by atoms with E-state index in [4.69, 9.17) is 11.6 Å². The number of hydrogen-bond acceptors (Lipinski definition) is 2. The van der Waals surface area contributed by atoms with Gasteiger partial charge in [0.2, 0.25) is 11.8 Å². The van der Waals surface area contributed by atoms with Gasteiger partial charge in [-0.05, 0) is 17.2 Å². The Hall–Kier alpha value is -2.33. The van der Waals surface area contributed by atoms with Crippen LogP contribution < -0.4 is 0 Å². The lowest BCUT2D eigenvalue weighted by Gasteiger charge is -2.35. The number of carbonyl (C=O) groups is 2. The van der Waals surface area contributed by atoms with Gasteiger partial charge >= 0.3 is 0 Å². The van der Waals surface area contributed by atoms with Crippen LogP contribution in [-0.2, 0) is 9.59 Å². The number of benzene rings is 2. The van der Waals surface area contributed by atoms with Crippen molar-refractivity contribution in [2.24, 2.45) is 0 Å². The molecular weight excluding hydrogens is 348 g/mol. The van der Waals surface area contributed by atoms with Gasteiger partial charge in [-0.1, -0.05) is 60.1 Å².